The summed E-state index contributed by atoms with van der Waals surface area (Å²) in [7, 11) is 1.98. The van der Waals surface area contributed by atoms with E-state index in [0.717, 1.165) is 38.8 Å². The van der Waals surface area contributed by atoms with Crippen molar-refractivity contribution in [2.75, 3.05) is 33.4 Å². The molecule has 0 aromatic rings. The van der Waals surface area contributed by atoms with E-state index >= 15 is 0 Å². The molecular weight excluding hydrogens is 230 g/mol. The van der Waals surface area contributed by atoms with Crippen molar-refractivity contribution in [3.05, 3.63) is 0 Å². The first kappa shape index (κ1) is 17.4. The Morgan fingerprint density at radius 2 is 1.89 bits per heavy atom. The monoisotopic (exact) mass is 259 g/mol. The first-order chi connectivity index (χ1) is 8.61. The Kier molecular flexibility index (Phi) is 11.1. The van der Waals surface area contributed by atoms with E-state index in [0.29, 0.717) is 19.6 Å². The molecule has 0 bridgehead atoms. The van der Waals surface area contributed by atoms with Crippen molar-refractivity contribution < 1.29 is 14.6 Å². The van der Waals surface area contributed by atoms with Crippen molar-refractivity contribution in [1.82, 2.24) is 4.90 Å². The van der Waals surface area contributed by atoms with Gasteiger partial charge in [-0.05, 0) is 39.3 Å². The lowest BCUT2D eigenvalue weighted by Crippen LogP contribution is -2.31. The zero-order valence-corrected chi connectivity index (χ0v) is 12.2. The van der Waals surface area contributed by atoms with E-state index in [1.807, 2.05) is 7.05 Å². The SMILES string of the molecule is CCCCOCCCC(CN(C)CCC)C(=O)O. The zero-order valence-electron chi connectivity index (χ0n) is 12.2. The summed E-state index contributed by atoms with van der Waals surface area (Å²) in [5.74, 6) is -0.956. The molecule has 0 saturated carbocycles. The Morgan fingerprint density at radius 3 is 2.44 bits per heavy atom. The fourth-order valence-electron chi connectivity index (χ4n) is 1.92. The Balaban J connectivity index is 3.73. The van der Waals surface area contributed by atoms with Crippen molar-refractivity contribution in [2.24, 2.45) is 5.92 Å². The Morgan fingerprint density at radius 1 is 1.22 bits per heavy atom. The van der Waals surface area contributed by atoms with Crippen molar-refractivity contribution in [2.45, 2.75) is 46.0 Å². The highest BCUT2D eigenvalue weighted by Gasteiger charge is 2.18. The minimum Gasteiger partial charge on any atom is -0.481 e. The fourth-order valence-corrected chi connectivity index (χ4v) is 1.92. The van der Waals surface area contributed by atoms with Gasteiger partial charge in [0.1, 0.15) is 0 Å². The summed E-state index contributed by atoms with van der Waals surface area (Å²) in [6.45, 7) is 7.31. The van der Waals surface area contributed by atoms with E-state index in [2.05, 4.69) is 18.7 Å². The summed E-state index contributed by atoms with van der Waals surface area (Å²) in [6.07, 6.45) is 4.82. The number of unbranched alkanes of at least 4 members (excludes halogenated alkanes) is 1. The van der Waals surface area contributed by atoms with Crippen LogP contribution in [0.4, 0.5) is 0 Å². The molecule has 4 nitrogen and oxygen atoms in total. The Bertz CT molecular complexity index is 209. The number of carboxylic acid groups (broad SMARTS) is 1. The number of hydrogen-bond donors (Lipinski definition) is 1. The van der Waals surface area contributed by atoms with Gasteiger partial charge in [0.05, 0.1) is 5.92 Å². The molecule has 0 aromatic heterocycles. The van der Waals surface area contributed by atoms with Gasteiger partial charge in [-0.1, -0.05) is 20.3 Å². The van der Waals surface area contributed by atoms with Crippen LogP contribution < -0.4 is 0 Å². The molecule has 0 radical (unpaired) electrons. The average Bonchev–Trinajstić information content (AvgIpc) is 2.32. The van der Waals surface area contributed by atoms with Gasteiger partial charge >= 0.3 is 5.97 Å². The predicted octanol–water partition coefficient (Wildman–Crippen LogP) is 2.63. The molecule has 0 aliphatic heterocycles. The van der Waals surface area contributed by atoms with E-state index < -0.39 is 5.97 Å². The number of nitrogens with zero attached hydrogens (tertiary/aromatic N) is 1. The van der Waals surface area contributed by atoms with Crippen LogP contribution in [0, 0.1) is 5.92 Å². The smallest absolute Gasteiger partial charge is 0.307 e. The highest BCUT2D eigenvalue weighted by Crippen LogP contribution is 2.09. The van der Waals surface area contributed by atoms with E-state index in [1.54, 1.807) is 0 Å². The molecule has 0 spiro atoms. The van der Waals surface area contributed by atoms with E-state index in [4.69, 9.17) is 9.84 Å². The lowest BCUT2D eigenvalue weighted by Gasteiger charge is -2.20. The number of rotatable bonds is 12. The number of carboxylic acids is 1. The van der Waals surface area contributed by atoms with Crippen LogP contribution in [-0.2, 0) is 9.53 Å². The van der Waals surface area contributed by atoms with Gasteiger partial charge in [0.25, 0.3) is 0 Å². The molecule has 0 fully saturated rings. The molecule has 108 valence electrons. The van der Waals surface area contributed by atoms with Crippen LogP contribution >= 0.6 is 0 Å². The van der Waals surface area contributed by atoms with Crippen LogP contribution in [0.2, 0.25) is 0 Å². The molecule has 0 aliphatic carbocycles. The highest BCUT2D eigenvalue weighted by atomic mass is 16.5. The molecule has 1 unspecified atom stereocenters. The quantitative estimate of drug-likeness (QED) is 0.547. The third kappa shape index (κ3) is 9.42. The van der Waals surface area contributed by atoms with Crippen LogP contribution in [0.15, 0.2) is 0 Å². The van der Waals surface area contributed by atoms with Crippen molar-refractivity contribution in [1.29, 1.82) is 0 Å². The summed E-state index contributed by atoms with van der Waals surface area (Å²) in [6, 6.07) is 0. The molecule has 0 aliphatic rings. The second-order valence-electron chi connectivity index (χ2n) is 4.91. The topological polar surface area (TPSA) is 49.8 Å². The number of hydrogen-bond acceptors (Lipinski definition) is 3. The maximum atomic E-state index is 11.1. The van der Waals surface area contributed by atoms with Crippen LogP contribution in [-0.4, -0.2) is 49.3 Å². The first-order valence-electron chi connectivity index (χ1n) is 7.10. The van der Waals surface area contributed by atoms with Crippen molar-refractivity contribution in [3.8, 4) is 0 Å². The summed E-state index contributed by atoms with van der Waals surface area (Å²) in [5.41, 5.74) is 0. The number of aliphatic carboxylic acids is 1. The molecule has 0 saturated heterocycles. The standard InChI is InChI=1S/C14H29NO3/c1-4-6-10-18-11-7-8-13(14(16)17)12-15(3)9-5-2/h13H,4-12H2,1-3H3,(H,16,17). The lowest BCUT2D eigenvalue weighted by molar-refractivity contribution is -0.142. The fraction of sp³-hybridized carbons (Fsp3) is 0.929. The number of ether oxygens (including phenoxy) is 1. The molecule has 0 heterocycles. The van der Waals surface area contributed by atoms with Crippen molar-refractivity contribution in [3.63, 3.8) is 0 Å². The minimum atomic E-state index is -0.688. The number of carbonyl (C=O) groups is 1. The third-order valence-corrected chi connectivity index (χ3v) is 2.97. The molecule has 0 amide bonds. The molecule has 1 N–H and O–H groups in total. The molecule has 0 rings (SSSR count). The van der Waals surface area contributed by atoms with Crippen molar-refractivity contribution >= 4 is 5.97 Å². The predicted molar refractivity (Wildman–Crippen MR) is 73.9 cm³/mol. The van der Waals surface area contributed by atoms with Gasteiger partial charge in [-0.25, -0.2) is 0 Å². The Hall–Kier alpha value is -0.610. The lowest BCUT2D eigenvalue weighted by atomic mass is 10.0. The van der Waals surface area contributed by atoms with E-state index in [-0.39, 0.29) is 5.92 Å². The van der Waals surface area contributed by atoms with Crippen LogP contribution in [0.1, 0.15) is 46.0 Å². The summed E-state index contributed by atoms with van der Waals surface area (Å²) in [4.78, 5) is 13.2. The maximum Gasteiger partial charge on any atom is 0.307 e. The van der Waals surface area contributed by atoms with Gasteiger partial charge in [-0.15, -0.1) is 0 Å². The molecule has 18 heavy (non-hydrogen) atoms. The summed E-state index contributed by atoms with van der Waals surface area (Å²) in [5, 5.41) is 9.16. The van der Waals surface area contributed by atoms with Gasteiger partial charge < -0.3 is 14.7 Å². The van der Waals surface area contributed by atoms with Crippen LogP contribution in [0.3, 0.4) is 0 Å². The van der Waals surface area contributed by atoms with Gasteiger partial charge in [-0.3, -0.25) is 4.79 Å². The summed E-state index contributed by atoms with van der Waals surface area (Å²) < 4.78 is 5.45. The second-order valence-corrected chi connectivity index (χ2v) is 4.91. The van der Waals surface area contributed by atoms with E-state index in [9.17, 15) is 4.79 Å². The molecule has 0 aromatic carbocycles. The third-order valence-electron chi connectivity index (χ3n) is 2.97. The van der Waals surface area contributed by atoms with Crippen LogP contribution in [0.25, 0.3) is 0 Å². The molecular formula is C14H29NO3. The Labute approximate surface area is 111 Å². The maximum absolute atomic E-state index is 11.1. The van der Waals surface area contributed by atoms with E-state index in [1.165, 1.54) is 0 Å². The van der Waals surface area contributed by atoms with Gasteiger partial charge in [-0.2, -0.15) is 0 Å². The molecule has 4 heteroatoms. The van der Waals surface area contributed by atoms with Gasteiger partial charge in [0, 0.05) is 19.8 Å². The minimum absolute atomic E-state index is 0.267. The van der Waals surface area contributed by atoms with Gasteiger partial charge in [0.15, 0.2) is 0 Å². The van der Waals surface area contributed by atoms with Gasteiger partial charge in [0.2, 0.25) is 0 Å². The molecule has 1 atom stereocenters. The largest absolute Gasteiger partial charge is 0.481 e. The normalized spacial score (nSPS) is 12.9. The zero-order chi connectivity index (χ0) is 13.8. The highest BCUT2D eigenvalue weighted by molar-refractivity contribution is 5.70. The van der Waals surface area contributed by atoms with Crippen LogP contribution in [0.5, 0.6) is 0 Å². The average molecular weight is 259 g/mol. The summed E-state index contributed by atoms with van der Waals surface area (Å²) >= 11 is 0. The second kappa shape index (κ2) is 11.5. The first-order valence-corrected chi connectivity index (χ1v) is 7.10.